The zero-order valence-corrected chi connectivity index (χ0v) is 13.5. The topological polar surface area (TPSA) is 55.9 Å². The van der Waals surface area contributed by atoms with Gasteiger partial charge in [0.05, 0.1) is 6.54 Å². The summed E-state index contributed by atoms with van der Waals surface area (Å²) in [6.45, 7) is 3.54. The molecule has 0 amide bonds. The summed E-state index contributed by atoms with van der Waals surface area (Å²) in [4.78, 5) is 0. The molecule has 0 bridgehead atoms. The number of furan rings is 1. The number of hydrogen-bond donors (Lipinski definition) is 1. The summed E-state index contributed by atoms with van der Waals surface area (Å²) >= 11 is 0. The highest BCUT2D eigenvalue weighted by atomic mass is 19.1. The molecule has 24 heavy (non-hydrogen) atoms. The van der Waals surface area contributed by atoms with Crippen molar-refractivity contribution in [2.24, 2.45) is 0 Å². The molecule has 1 unspecified atom stereocenters. The molecule has 0 saturated heterocycles. The second-order valence-corrected chi connectivity index (χ2v) is 6.16. The molecule has 0 aliphatic carbocycles. The molecule has 0 fully saturated rings. The molecule has 4 rings (SSSR count). The van der Waals surface area contributed by atoms with Gasteiger partial charge in [-0.2, -0.15) is 0 Å². The molecule has 5 nitrogen and oxygen atoms in total. The fourth-order valence-corrected chi connectivity index (χ4v) is 3.12. The molecule has 1 aromatic carbocycles. The number of nitrogens with zero attached hydrogens (tertiary/aromatic N) is 3. The number of aryl methyl sites for hydroxylation is 2. The average Bonchev–Trinajstić information content (AvgIpc) is 3.21. The molecule has 3 heterocycles. The van der Waals surface area contributed by atoms with Crippen LogP contribution in [0.5, 0.6) is 0 Å². The molecule has 6 heteroatoms. The van der Waals surface area contributed by atoms with Gasteiger partial charge in [-0.25, -0.2) is 4.39 Å². The van der Waals surface area contributed by atoms with E-state index in [4.69, 9.17) is 4.42 Å². The number of aromatic nitrogens is 3. The van der Waals surface area contributed by atoms with E-state index < -0.39 is 0 Å². The van der Waals surface area contributed by atoms with Gasteiger partial charge in [-0.1, -0.05) is 0 Å². The van der Waals surface area contributed by atoms with Crippen LogP contribution in [-0.4, -0.2) is 20.8 Å². The van der Waals surface area contributed by atoms with Crippen LogP contribution in [0.15, 0.2) is 40.8 Å². The fourth-order valence-electron chi connectivity index (χ4n) is 3.12. The predicted molar refractivity (Wildman–Crippen MR) is 87.8 cm³/mol. The summed E-state index contributed by atoms with van der Waals surface area (Å²) < 4.78 is 21.0. The lowest BCUT2D eigenvalue weighted by Crippen LogP contribution is -2.37. The van der Waals surface area contributed by atoms with Crippen LogP contribution in [0.25, 0.3) is 11.3 Å². The molecule has 1 atom stereocenters. The van der Waals surface area contributed by atoms with Crippen LogP contribution >= 0.6 is 0 Å². The van der Waals surface area contributed by atoms with Crippen LogP contribution in [0.4, 0.5) is 4.39 Å². The van der Waals surface area contributed by atoms with Gasteiger partial charge < -0.3 is 14.3 Å². The van der Waals surface area contributed by atoms with Crippen molar-refractivity contribution < 1.29 is 8.81 Å². The van der Waals surface area contributed by atoms with Crippen molar-refractivity contribution in [1.29, 1.82) is 0 Å². The minimum atomic E-state index is -0.242. The Morgan fingerprint density at radius 1 is 1.21 bits per heavy atom. The summed E-state index contributed by atoms with van der Waals surface area (Å²) in [6, 6.07) is 10.6. The van der Waals surface area contributed by atoms with Crippen LogP contribution in [0.3, 0.4) is 0 Å². The van der Waals surface area contributed by atoms with Crippen molar-refractivity contribution in [2.75, 3.05) is 0 Å². The highest BCUT2D eigenvalue weighted by Gasteiger charge is 2.21. The lowest BCUT2D eigenvalue weighted by Gasteiger charge is -2.24. The fraction of sp³-hybridized carbons (Fsp3) is 0.333. The first-order valence-electron chi connectivity index (χ1n) is 8.16. The van der Waals surface area contributed by atoms with Crippen LogP contribution < -0.4 is 5.32 Å². The Balaban J connectivity index is 1.39. The Kier molecular flexibility index (Phi) is 3.90. The monoisotopic (exact) mass is 326 g/mol. The maximum atomic E-state index is 13.0. The Morgan fingerprint density at radius 2 is 2.04 bits per heavy atom. The molecular weight excluding hydrogens is 307 g/mol. The number of benzene rings is 1. The third kappa shape index (κ3) is 2.97. The largest absolute Gasteiger partial charge is 0.460 e. The molecular formula is C18H19FN4O. The number of hydrogen-bond acceptors (Lipinski definition) is 4. The lowest BCUT2D eigenvalue weighted by atomic mass is 10.1. The van der Waals surface area contributed by atoms with E-state index in [2.05, 4.69) is 20.1 Å². The first-order valence-corrected chi connectivity index (χ1v) is 8.16. The van der Waals surface area contributed by atoms with Gasteiger partial charge in [-0.3, -0.25) is 0 Å². The molecule has 3 aromatic rings. The van der Waals surface area contributed by atoms with Crippen LogP contribution in [0.1, 0.15) is 23.8 Å². The van der Waals surface area contributed by atoms with Gasteiger partial charge in [0.15, 0.2) is 0 Å². The number of halogens is 1. The standard InChI is InChI=1S/C18H19FN4O/c1-12-21-22-18-9-6-15(11-23(12)18)20-10-16-7-8-17(24-16)13-2-4-14(19)5-3-13/h2-5,7-8,15,20H,6,9-11H2,1H3. The van der Waals surface area contributed by atoms with Gasteiger partial charge in [0, 0.05) is 24.6 Å². The SMILES string of the molecule is Cc1nnc2n1CC(NCc1ccc(-c3ccc(F)cc3)o1)CC2. The van der Waals surface area contributed by atoms with Gasteiger partial charge in [0.1, 0.15) is 29.0 Å². The van der Waals surface area contributed by atoms with Crippen LogP contribution in [0.2, 0.25) is 0 Å². The minimum Gasteiger partial charge on any atom is -0.460 e. The maximum absolute atomic E-state index is 13.0. The second-order valence-electron chi connectivity index (χ2n) is 6.16. The highest BCUT2D eigenvalue weighted by molar-refractivity contribution is 5.57. The third-order valence-electron chi connectivity index (χ3n) is 4.49. The summed E-state index contributed by atoms with van der Waals surface area (Å²) in [5, 5.41) is 11.9. The van der Waals surface area contributed by atoms with E-state index in [-0.39, 0.29) is 5.82 Å². The number of fused-ring (bicyclic) bond motifs is 1. The predicted octanol–water partition coefficient (Wildman–Crippen LogP) is 3.09. The van der Waals surface area contributed by atoms with Crippen LogP contribution in [0, 0.1) is 12.7 Å². The second kappa shape index (κ2) is 6.20. The van der Waals surface area contributed by atoms with Crippen molar-refractivity contribution in [3.63, 3.8) is 0 Å². The molecule has 0 spiro atoms. The van der Waals surface area contributed by atoms with Gasteiger partial charge >= 0.3 is 0 Å². The Bertz CT molecular complexity index is 837. The van der Waals surface area contributed by atoms with Gasteiger partial charge in [0.2, 0.25) is 0 Å². The molecule has 124 valence electrons. The van der Waals surface area contributed by atoms with E-state index in [1.807, 2.05) is 19.1 Å². The molecule has 2 aromatic heterocycles. The van der Waals surface area contributed by atoms with E-state index in [1.54, 1.807) is 12.1 Å². The highest BCUT2D eigenvalue weighted by Crippen LogP contribution is 2.23. The molecule has 0 saturated carbocycles. The van der Waals surface area contributed by atoms with E-state index in [0.717, 1.165) is 48.1 Å². The molecule has 0 radical (unpaired) electrons. The normalized spacial score (nSPS) is 17.0. The van der Waals surface area contributed by atoms with E-state index >= 15 is 0 Å². The first-order chi connectivity index (χ1) is 11.7. The van der Waals surface area contributed by atoms with Gasteiger partial charge in [-0.05, 0) is 49.7 Å². The van der Waals surface area contributed by atoms with Crippen molar-refractivity contribution in [2.45, 2.75) is 38.9 Å². The third-order valence-corrected chi connectivity index (χ3v) is 4.49. The zero-order valence-electron chi connectivity index (χ0n) is 13.5. The van der Waals surface area contributed by atoms with Gasteiger partial charge in [0.25, 0.3) is 0 Å². The van der Waals surface area contributed by atoms with Crippen molar-refractivity contribution in [1.82, 2.24) is 20.1 Å². The Labute approximate surface area is 139 Å². The molecule has 1 aliphatic heterocycles. The number of nitrogens with one attached hydrogen (secondary N) is 1. The quantitative estimate of drug-likeness (QED) is 0.800. The van der Waals surface area contributed by atoms with Crippen LogP contribution in [-0.2, 0) is 19.5 Å². The Morgan fingerprint density at radius 3 is 2.88 bits per heavy atom. The summed E-state index contributed by atoms with van der Waals surface area (Å²) in [6.07, 6.45) is 1.99. The summed E-state index contributed by atoms with van der Waals surface area (Å²) in [7, 11) is 0. The van der Waals surface area contributed by atoms with E-state index in [9.17, 15) is 4.39 Å². The van der Waals surface area contributed by atoms with Crippen molar-refractivity contribution >= 4 is 0 Å². The number of rotatable bonds is 4. The Hall–Kier alpha value is -2.47. The van der Waals surface area contributed by atoms with E-state index in [0.29, 0.717) is 12.6 Å². The maximum Gasteiger partial charge on any atom is 0.134 e. The van der Waals surface area contributed by atoms with Crippen molar-refractivity contribution in [3.05, 3.63) is 59.6 Å². The van der Waals surface area contributed by atoms with Crippen molar-refractivity contribution in [3.8, 4) is 11.3 Å². The van der Waals surface area contributed by atoms with Gasteiger partial charge in [-0.15, -0.1) is 10.2 Å². The minimum absolute atomic E-state index is 0.242. The smallest absolute Gasteiger partial charge is 0.134 e. The lowest BCUT2D eigenvalue weighted by molar-refractivity contribution is 0.360. The summed E-state index contributed by atoms with van der Waals surface area (Å²) in [5.74, 6) is 3.43. The molecule has 1 N–H and O–H groups in total. The summed E-state index contributed by atoms with van der Waals surface area (Å²) in [5.41, 5.74) is 0.880. The van der Waals surface area contributed by atoms with E-state index in [1.165, 1.54) is 12.1 Å². The first kappa shape index (κ1) is 15.1. The zero-order chi connectivity index (χ0) is 16.5. The average molecular weight is 326 g/mol. The molecule has 1 aliphatic rings.